The lowest BCUT2D eigenvalue weighted by atomic mass is 9.87. The molecule has 0 aromatic heterocycles. The van der Waals surface area contributed by atoms with Crippen LogP contribution in [-0.4, -0.2) is 63.2 Å². The highest BCUT2D eigenvalue weighted by molar-refractivity contribution is 6.33. The van der Waals surface area contributed by atoms with E-state index >= 15 is 0 Å². The van der Waals surface area contributed by atoms with Crippen LogP contribution < -0.4 is 4.74 Å². The van der Waals surface area contributed by atoms with Crippen LogP contribution in [0.3, 0.4) is 0 Å². The largest absolute Gasteiger partial charge is 0.491 e. The van der Waals surface area contributed by atoms with Crippen molar-refractivity contribution >= 4 is 11.6 Å². The number of ether oxygens (including phenoxy) is 2. The molecule has 33 heavy (non-hydrogen) atoms. The molecule has 6 atom stereocenters. The molecule has 0 saturated carbocycles. The third-order valence-electron chi connectivity index (χ3n) is 6.42. The van der Waals surface area contributed by atoms with Crippen LogP contribution in [0, 0.1) is 12.3 Å². The monoisotopic (exact) mass is 474 g/mol. The Morgan fingerprint density at radius 3 is 2.48 bits per heavy atom. The molecule has 0 bridgehead atoms. The molecule has 2 aliphatic heterocycles. The molecule has 0 aliphatic carbocycles. The number of fused-ring (bicyclic) bond motifs is 1. The Hall–Kier alpha value is -2.15. The van der Waals surface area contributed by atoms with Gasteiger partial charge in [-0.05, 0) is 35.6 Å². The molecule has 2 heterocycles. The van der Waals surface area contributed by atoms with Crippen LogP contribution in [-0.2, 0) is 23.2 Å². The van der Waals surface area contributed by atoms with Gasteiger partial charge in [0.15, 0.2) is 0 Å². The summed E-state index contributed by atoms with van der Waals surface area (Å²) >= 11 is 6.66. The number of halogens is 1. The maximum Gasteiger partial charge on any atom is 0.147 e. The second kappa shape index (κ2) is 9.24. The number of hydrogen-bond acceptors (Lipinski definition) is 7. The molecule has 2 aliphatic rings. The highest BCUT2D eigenvalue weighted by atomic mass is 35.5. The number of benzene rings is 2. The van der Waals surface area contributed by atoms with Gasteiger partial charge in [-0.25, -0.2) is 0 Å². The van der Waals surface area contributed by atoms with E-state index in [0.717, 1.165) is 16.7 Å². The van der Waals surface area contributed by atoms with E-state index in [0.29, 0.717) is 41.3 Å². The maximum absolute atomic E-state index is 10.7. The molecule has 176 valence electrons. The van der Waals surface area contributed by atoms with Gasteiger partial charge in [0.1, 0.15) is 41.9 Å². The van der Waals surface area contributed by atoms with Gasteiger partial charge in [-0.2, -0.15) is 0 Å². The van der Waals surface area contributed by atoms with Gasteiger partial charge in [-0.3, -0.25) is 0 Å². The Bertz CT molecular complexity index is 1060. The first kappa shape index (κ1) is 24.0. The minimum absolute atomic E-state index is 0.415. The summed E-state index contributed by atoms with van der Waals surface area (Å²) in [6.45, 7) is 1.45. The molecular weight excluding hydrogens is 448 g/mol. The number of hydrogen-bond donors (Lipinski definition) is 5. The SMILES string of the molecule is C#CC(C)(O)c1ccc(Cc2cc(C3OC(CO)C(O)C(O)C3O)c3c(c2Cl)OCC3)cc1. The molecule has 6 unspecified atom stereocenters. The number of aliphatic hydroxyl groups is 5. The van der Waals surface area contributed by atoms with Crippen LogP contribution in [0.5, 0.6) is 5.75 Å². The summed E-state index contributed by atoms with van der Waals surface area (Å²) in [6.07, 6.45) is 0.0839. The van der Waals surface area contributed by atoms with Crippen molar-refractivity contribution in [3.05, 3.63) is 63.2 Å². The van der Waals surface area contributed by atoms with Crippen molar-refractivity contribution in [2.75, 3.05) is 13.2 Å². The highest BCUT2D eigenvalue weighted by Gasteiger charge is 2.45. The summed E-state index contributed by atoms with van der Waals surface area (Å²) in [4.78, 5) is 0. The summed E-state index contributed by atoms with van der Waals surface area (Å²) in [7, 11) is 0. The van der Waals surface area contributed by atoms with Crippen molar-refractivity contribution in [3.63, 3.8) is 0 Å². The fourth-order valence-corrected chi connectivity index (χ4v) is 4.69. The fourth-order valence-electron chi connectivity index (χ4n) is 4.40. The van der Waals surface area contributed by atoms with Gasteiger partial charge in [0.05, 0.1) is 18.2 Å². The van der Waals surface area contributed by atoms with Crippen LogP contribution in [0.15, 0.2) is 30.3 Å². The zero-order chi connectivity index (χ0) is 23.9. The predicted octanol–water partition coefficient (Wildman–Crippen LogP) is 1.22. The molecule has 2 aromatic carbocycles. The molecular formula is C25H27ClO7. The number of rotatable bonds is 5. The summed E-state index contributed by atoms with van der Waals surface area (Å²) in [5.41, 5.74) is 2.23. The van der Waals surface area contributed by atoms with Crippen molar-refractivity contribution in [1.29, 1.82) is 0 Å². The maximum atomic E-state index is 10.7. The van der Waals surface area contributed by atoms with Crippen LogP contribution in [0.25, 0.3) is 0 Å². The number of terminal acetylenes is 1. The zero-order valence-electron chi connectivity index (χ0n) is 18.1. The summed E-state index contributed by atoms with van der Waals surface area (Å²) in [5, 5.41) is 51.3. The highest BCUT2D eigenvalue weighted by Crippen LogP contribution is 2.44. The third kappa shape index (κ3) is 4.36. The minimum Gasteiger partial charge on any atom is -0.491 e. The Morgan fingerprint density at radius 2 is 1.85 bits per heavy atom. The van der Waals surface area contributed by atoms with E-state index in [1.54, 1.807) is 19.1 Å². The average Bonchev–Trinajstić information content (AvgIpc) is 3.31. The van der Waals surface area contributed by atoms with E-state index in [9.17, 15) is 25.5 Å². The molecule has 2 aromatic rings. The van der Waals surface area contributed by atoms with Crippen molar-refractivity contribution in [3.8, 4) is 18.1 Å². The Labute approximate surface area is 197 Å². The van der Waals surface area contributed by atoms with Gasteiger partial charge in [-0.1, -0.05) is 47.9 Å². The summed E-state index contributed by atoms with van der Waals surface area (Å²) in [6, 6.07) is 9.02. The van der Waals surface area contributed by atoms with Crippen LogP contribution in [0.4, 0.5) is 0 Å². The topological polar surface area (TPSA) is 120 Å². The first-order valence-electron chi connectivity index (χ1n) is 10.7. The van der Waals surface area contributed by atoms with E-state index in [1.165, 1.54) is 0 Å². The van der Waals surface area contributed by atoms with Crippen LogP contribution in [0.2, 0.25) is 5.02 Å². The lowest BCUT2D eigenvalue weighted by molar-refractivity contribution is -0.231. The fraction of sp³-hybridized carbons (Fsp3) is 0.440. The second-order valence-electron chi connectivity index (χ2n) is 8.68. The van der Waals surface area contributed by atoms with Gasteiger partial charge in [0.2, 0.25) is 0 Å². The van der Waals surface area contributed by atoms with E-state index in [1.807, 2.05) is 18.2 Å². The summed E-state index contributed by atoms with van der Waals surface area (Å²) in [5.74, 6) is 2.86. The molecule has 0 spiro atoms. The molecule has 0 radical (unpaired) electrons. The van der Waals surface area contributed by atoms with Gasteiger partial charge >= 0.3 is 0 Å². The van der Waals surface area contributed by atoms with Crippen molar-refractivity contribution in [2.45, 2.75) is 55.9 Å². The van der Waals surface area contributed by atoms with E-state index in [4.69, 9.17) is 27.5 Å². The van der Waals surface area contributed by atoms with E-state index in [-0.39, 0.29) is 0 Å². The van der Waals surface area contributed by atoms with Gasteiger partial charge in [0.25, 0.3) is 0 Å². The lowest BCUT2D eigenvalue weighted by Gasteiger charge is -2.40. The standard InChI is InChI=1S/C25H27ClO7/c1-3-25(2,31)15-6-4-13(5-7-15)10-14-11-17(16-8-9-32-23(16)19(14)26)24-22(30)21(29)20(28)18(12-27)33-24/h1,4-7,11,18,20-22,24,27-31H,8-10,12H2,2H3. The van der Waals surface area contributed by atoms with Gasteiger partial charge in [-0.15, -0.1) is 6.42 Å². The molecule has 7 nitrogen and oxygen atoms in total. The van der Waals surface area contributed by atoms with Crippen LogP contribution in [0.1, 0.15) is 40.8 Å². The molecule has 1 fully saturated rings. The number of aliphatic hydroxyl groups excluding tert-OH is 4. The quantitative estimate of drug-likeness (QED) is 0.413. The van der Waals surface area contributed by atoms with E-state index < -0.39 is 42.7 Å². The molecule has 5 N–H and O–H groups in total. The average molecular weight is 475 g/mol. The van der Waals surface area contributed by atoms with Crippen molar-refractivity contribution in [2.24, 2.45) is 0 Å². The van der Waals surface area contributed by atoms with Crippen LogP contribution >= 0.6 is 11.6 Å². The Balaban J connectivity index is 1.70. The molecule has 0 amide bonds. The molecule has 1 saturated heterocycles. The van der Waals surface area contributed by atoms with Crippen molar-refractivity contribution in [1.82, 2.24) is 0 Å². The Kier molecular flexibility index (Phi) is 6.72. The van der Waals surface area contributed by atoms with Gasteiger partial charge in [0, 0.05) is 12.0 Å². The summed E-state index contributed by atoms with van der Waals surface area (Å²) < 4.78 is 11.6. The minimum atomic E-state index is -1.48. The van der Waals surface area contributed by atoms with Crippen molar-refractivity contribution < 1.29 is 35.0 Å². The lowest BCUT2D eigenvalue weighted by Crippen LogP contribution is -2.55. The molecule has 4 rings (SSSR count). The van der Waals surface area contributed by atoms with Gasteiger partial charge < -0.3 is 35.0 Å². The second-order valence-corrected chi connectivity index (χ2v) is 9.06. The van der Waals surface area contributed by atoms with E-state index in [2.05, 4.69) is 5.92 Å². The predicted molar refractivity (Wildman–Crippen MR) is 121 cm³/mol. The normalized spacial score (nSPS) is 28.5. The Morgan fingerprint density at radius 1 is 1.15 bits per heavy atom. The molecule has 8 heteroatoms. The smallest absolute Gasteiger partial charge is 0.147 e. The first-order valence-corrected chi connectivity index (χ1v) is 11.1. The third-order valence-corrected chi connectivity index (χ3v) is 6.84. The zero-order valence-corrected chi connectivity index (χ0v) is 18.9. The first-order chi connectivity index (χ1) is 15.7.